The summed E-state index contributed by atoms with van der Waals surface area (Å²) in [5.41, 5.74) is 21.7. The van der Waals surface area contributed by atoms with Crippen LogP contribution in [0, 0.1) is 19.3 Å². The lowest BCUT2D eigenvalue weighted by atomic mass is 9.85. The zero-order valence-electron chi connectivity index (χ0n) is 35.0. The predicted octanol–water partition coefficient (Wildman–Crippen LogP) is 2.47. The van der Waals surface area contributed by atoms with Crippen LogP contribution in [0.3, 0.4) is 0 Å². The van der Waals surface area contributed by atoms with E-state index in [2.05, 4.69) is 35.7 Å². The van der Waals surface area contributed by atoms with E-state index in [0.717, 1.165) is 32.7 Å². The molecule has 0 unspecified atom stereocenters. The van der Waals surface area contributed by atoms with E-state index in [9.17, 15) is 19.2 Å². The van der Waals surface area contributed by atoms with E-state index in [-0.39, 0.29) is 52.9 Å². The predicted molar refractivity (Wildman–Crippen MR) is 229 cm³/mol. The summed E-state index contributed by atoms with van der Waals surface area (Å²) < 4.78 is 18.5. The van der Waals surface area contributed by atoms with Crippen LogP contribution in [0.25, 0.3) is 22.2 Å². The fourth-order valence-electron chi connectivity index (χ4n) is 8.02. The largest absolute Gasteiger partial charge is 0.490 e. The second kappa shape index (κ2) is 16.7. The molecule has 0 saturated carbocycles. The Hall–Kier alpha value is -7.13. The Balaban J connectivity index is 1.13. The molecule has 2 aliphatic heterocycles. The number of aryl methyl sites for hydroxylation is 4. The van der Waals surface area contributed by atoms with Gasteiger partial charge in [-0.3, -0.25) is 48.6 Å². The molecule has 62 heavy (non-hydrogen) atoms. The van der Waals surface area contributed by atoms with Crippen molar-refractivity contribution in [2.24, 2.45) is 16.9 Å². The topological polar surface area (TPSA) is 276 Å². The number of pyridine rings is 1. The number of anilines is 3. The number of carbonyl (C=O) groups excluding carboxylic acids is 4. The van der Waals surface area contributed by atoms with Gasteiger partial charge in [0.25, 0.3) is 11.8 Å². The number of amides is 4. The zero-order chi connectivity index (χ0) is 43.9. The number of benzene rings is 1. The monoisotopic (exact) mass is 847 g/mol. The minimum atomic E-state index is -0.682. The fraction of sp³-hybridized carbons (Fsp3) is 0.390. The number of carbonyl (C=O) groups is 4. The highest BCUT2D eigenvalue weighted by molar-refractivity contribution is 6.07. The molecule has 0 aliphatic carbocycles. The van der Waals surface area contributed by atoms with E-state index < -0.39 is 23.6 Å². The number of hydrogen-bond acceptors (Lipinski definition) is 13. The summed E-state index contributed by atoms with van der Waals surface area (Å²) in [4.78, 5) is 68.3. The highest BCUT2D eigenvalue weighted by Gasteiger charge is 2.44. The van der Waals surface area contributed by atoms with E-state index >= 15 is 0 Å². The first kappa shape index (κ1) is 41.6. The normalized spacial score (nSPS) is 14.9. The van der Waals surface area contributed by atoms with E-state index in [0.29, 0.717) is 71.3 Å². The third kappa shape index (κ3) is 7.94. The van der Waals surface area contributed by atoms with Crippen molar-refractivity contribution in [2.75, 3.05) is 55.8 Å². The van der Waals surface area contributed by atoms with Gasteiger partial charge in [-0.05, 0) is 64.9 Å². The van der Waals surface area contributed by atoms with E-state index in [4.69, 9.17) is 31.7 Å². The number of primary amides is 2. The summed E-state index contributed by atoms with van der Waals surface area (Å²) in [6, 6.07) is 6.36. The summed E-state index contributed by atoms with van der Waals surface area (Å²) in [5, 5.41) is 14.6. The van der Waals surface area contributed by atoms with Crippen LogP contribution in [0.2, 0.25) is 0 Å². The Morgan fingerprint density at radius 3 is 2.23 bits per heavy atom. The molecule has 21 heteroatoms. The Labute approximate surface area is 355 Å². The average Bonchev–Trinajstić information content (AvgIpc) is 4.05. The first-order chi connectivity index (χ1) is 29.8. The van der Waals surface area contributed by atoms with Gasteiger partial charge in [-0.1, -0.05) is 12.2 Å². The van der Waals surface area contributed by atoms with Gasteiger partial charge >= 0.3 is 0 Å². The Morgan fingerprint density at radius 1 is 0.871 bits per heavy atom. The molecular weight excluding hydrogens is 799 g/mol. The van der Waals surface area contributed by atoms with Crippen molar-refractivity contribution in [1.82, 2.24) is 48.5 Å². The van der Waals surface area contributed by atoms with Gasteiger partial charge in [0.05, 0.1) is 41.4 Å². The minimum Gasteiger partial charge on any atom is -0.490 e. The molecule has 1 aromatic carbocycles. The van der Waals surface area contributed by atoms with Crippen molar-refractivity contribution in [1.29, 1.82) is 0 Å². The number of nitrogens with two attached hydrogens (primary N) is 3. The Morgan fingerprint density at radius 2 is 1.55 bits per heavy atom. The highest BCUT2D eigenvalue weighted by Crippen LogP contribution is 2.37. The molecule has 8 rings (SSSR count). The van der Waals surface area contributed by atoms with Gasteiger partial charge in [-0.15, -0.1) is 0 Å². The molecular formula is C41H49N15O6. The lowest BCUT2D eigenvalue weighted by Gasteiger charge is -2.37. The summed E-state index contributed by atoms with van der Waals surface area (Å²) in [5.74, 6) is -1.61. The number of allylic oxidation sites excluding steroid dienone is 2. The number of imidazole rings is 2. The molecule has 4 amide bonds. The van der Waals surface area contributed by atoms with Crippen LogP contribution < -0.4 is 32.6 Å². The van der Waals surface area contributed by atoms with Crippen LogP contribution in [0.4, 0.5) is 17.6 Å². The second-order valence-corrected chi connectivity index (χ2v) is 15.6. The number of aromatic nitrogens is 9. The third-order valence-corrected chi connectivity index (χ3v) is 11.3. The highest BCUT2D eigenvalue weighted by atomic mass is 16.5. The first-order valence-corrected chi connectivity index (χ1v) is 20.4. The van der Waals surface area contributed by atoms with E-state index in [1.54, 1.807) is 38.9 Å². The molecule has 7 heterocycles. The molecule has 2 aliphatic rings. The summed E-state index contributed by atoms with van der Waals surface area (Å²) in [7, 11) is 0. The van der Waals surface area contributed by atoms with Crippen LogP contribution in [0.1, 0.15) is 73.3 Å². The number of nitrogens with one attached hydrogen (secondary N) is 2. The molecule has 2 fully saturated rings. The molecule has 2 saturated heterocycles. The van der Waals surface area contributed by atoms with Gasteiger partial charge in [-0.25, -0.2) is 15.0 Å². The maximum absolute atomic E-state index is 13.8. The quantitative estimate of drug-likeness (QED) is 0.0877. The van der Waals surface area contributed by atoms with Gasteiger partial charge < -0.3 is 31.2 Å². The van der Waals surface area contributed by atoms with E-state index in [1.807, 2.05) is 32.9 Å². The van der Waals surface area contributed by atoms with Crippen LogP contribution in [-0.2, 0) is 30.9 Å². The van der Waals surface area contributed by atoms with Crippen molar-refractivity contribution in [2.45, 2.75) is 60.3 Å². The van der Waals surface area contributed by atoms with Crippen molar-refractivity contribution < 1.29 is 28.7 Å². The molecule has 1 spiro atoms. The third-order valence-electron chi connectivity index (χ3n) is 11.3. The number of nitrogens with zero attached hydrogens (tertiary/aromatic N) is 10. The van der Waals surface area contributed by atoms with Gasteiger partial charge in [0.2, 0.25) is 23.7 Å². The minimum absolute atomic E-state index is 0.136. The maximum atomic E-state index is 13.8. The molecule has 0 atom stereocenters. The first-order valence-electron chi connectivity index (χ1n) is 20.4. The van der Waals surface area contributed by atoms with Crippen molar-refractivity contribution in [3.8, 4) is 5.75 Å². The lowest BCUT2D eigenvalue weighted by molar-refractivity contribution is -0.105. The number of rotatable bonds is 16. The molecule has 5 aromatic heterocycles. The van der Waals surface area contributed by atoms with E-state index in [1.165, 1.54) is 16.9 Å². The number of fused-ring (bicyclic) bond motifs is 2. The number of hydrogen-bond donors (Lipinski definition) is 5. The van der Waals surface area contributed by atoms with Crippen molar-refractivity contribution in [3.05, 3.63) is 76.5 Å². The SMILES string of the molecule is CCn1nc(C)cc1C(=O)Nc1nc2cc(C(N)=O)cc(OCCN3CCC4(COC4)C3)c2n1C/C=C/Cn1c(NC(=O)c2c(N)c(C)nn2CC)nc2cc(C(N)=O)cnc21. The summed E-state index contributed by atoms with van der Waals surface area (Å²) >= 11 is 0. The summed E-state index contributed by atoms with van der Waals surface area (Å²) in [6.45, 7) is 12.8. The van der Waals surface area contributed by atoms with Gasteiger partial charge in [-0.2, -0.15) is 10.2 Å². The number of nitrogen functional groups attached to an aromatic ring is 1. The van der Waals surface area contributed by atoms with Gasteiger partial charge in [0, 0.05) is 56.4 Å². The maximum Gasteiger partial charge on any atom is 0.278 e. The van der Waals surface area contributed by atoms with Crippen LogP contribution >= 0.6 is 0 Å². The Kier molecular flexibility index (Phi) is 11.2. The Bertz CT molecular complexity index is 2770. The van der Waals surface area contributed by atoms with Crippen LogP contribution in [0.15, 0.2) is 42.6 Å². The smallest absolute Gasteiger partial charge is 0.278 e. The van der Waals surface area contributed by atoms with Crippen molar-refractivity contribution in [3.63, 3.8) is 0 Å². The molecule has 21 nitrogen and oxygen atoms in total. The molecule has 6 aromatic rings. The lowest BCUT2D eigenvalue weighted by Crippen LogP contribution is -2.44. The van der Waals surface area contributed by atoms with Crippen LogP contribution in [0.5, 0.6) is 5.75 Å². The number of likely N-dealkylation sites (tertiary alicyclic amines) is 1. The molecule has 324 valence electrons. The van der Waals surface area contributed by atoms with Crippen LogP contribution in [-0.4, -0.2) is 112 Å². The average molecular weight is 848 g/mol. The summed E-state index contributed by atoms with van der Waals surface area (Å²) in [6.07, 6.45) is 6.08. The molecule has 0 radical (unpaired) electrons. The zero-order valence-corrected chi connectivity index (χ0v) is 35.0. The molecule has 0 bridgehead atoms. The van der Waals surface area contributed by atoms with Gasteiger partial charge in [0.15, 0.2) is 5.65 Å². The van der Waals surface area contributed by atoms with Crippen molar-refractivity contribution >= 4 is 63.4 Å². The second-order valence-electron chi connectivity index (χ2n) is 15.6. The van der Waals surface area contributed by atoms with Gasteiger partial charge in [0.1, 0.15) is 34.8 Å². The number of ether oxygens (including phenoxy) is 2. The fourth-order valence-corrected chi connectivity index (χ4v) is 8.02. The molecule has 8 N–H and O–H groups in total. The standard InChI is InChI=1S/C41H49N15O6/c1-5-55-29(15-23(3)50-55)37(59)48-39-46-27-16-25(34(43)57)18-30(62-14-13-52-12-9-41(20-52)21-61-22-41)32(27)53(39)10-7-8-11-54-36-28(17-26(19-45-36)35(44)58)47-40(54)49-38(60)33-31(42)24(4)51-56(33)6-2/h7-8,15-19H,5-6,9-14,20-22,42H2,1-4H3,(H2,43,57)(H2,44,58)(H,46,48,59)(H,47,49,60)/b8-7+.